The number of unbranched alkanes of at least 4 members (excludes halogenated alkanes) is 2. The smallest absolute Gasteiger partial charge is 0.189 e. The van der Waals surface area contributed by atoms with Gasteiger partial charge < -0.3 is 19.3 Å². The van der Waals surface area contributed by atoms with Crippen molar-refractivity contribution < 1.29 is 19.3 Å². The lowest BCUT2D eigenvalue weighted by Gasteiger charge is -2.24. The molecular weight excluding hydrogens is 328 g/mol. The average molecular weight is 363 g/mol. The molecular formula is C22H34O4. The van der Waals surface area contributed by atoms with E-state index < -0.39 is 0 Å². The number of benzene rings is 1. The number of ether oxygens (including phenoxy) is 3. The fourth-order valence-electron chi connectivity index (χ4n) is 3.53. The highest BCUT2D eigenvalue weighted by Crippen LogP contribution is 2.42. The van der Waals surface area contributed by atoms with E-state index in [0.717, 1.165) is 49.0 Å². The van der Waals surface area contributed by atoms with Crippen LogP contribution in [-0.2, 0) is 15.9 Å². The van der Waals surface area contributed by atoms with Gasteiger partial charge in [-0.3, -0.25) is 0 Å². The number of phenolic OH excluding ortho intramolecular Hbond substituents is 1. The lowest BCUT2D eigenvalue weighted by Crippen LogP contribution is -2.11. The number of hydrogen-bond acceptors (Lipinski definition) is 4. The lowest BCUT2D eigenvalue weighted by molar-refractivity contribution is -0.00907. The van der Waals surface area contributed by atoms with Gasteiger partial charge in [-0.15, -0.1) is 0 Å². The van der Waals surface area contributed by atoms with Crippen LogP contribution in [0.4, 0.5) is 0 Å². The Balaban J connectivity index is 2.18. The Labute approximate surface area is 158 Å². The zero-order chi connectivity index (χ0) is 18.8. The molecule has 0 amide bonds. The van der Waals surface area contributed by atoms with E-state index >= 15 is 0 Å². The SMILES string of the molecule is CCCCCc1cc(O)c(C2C=C(C)CCC2)c(OCOCCOC)c1. The van der Waals surface area contributed by atoms with E-state index in [1.54, 1.807) is 7.11 Å². The molecule has 0 aliphatic heterocycles. The first-order chi connectivity index (χ1) is 12.7. The molecule has 1 N–H and O–H groups in total. The van der Waals surface area contributed by atoms with Crippen molar-refractivity contribution in [3.63, 3.8) is 0 Å². The Kier molecular flexibility index (Phi) is 8.99. The number of hydrogen-bond donors (Lipinski definition) is 1. The van der Waals surface area contributed by atoms with Crippen LogP contribution in [0.3, 0.4) is 0 Å². The molecule has 0 spiro atoms. The summed E-state index contributed by atoms with van der Waals surface area (Å²) in [5.74, 6) is 1.31. The van der Waals surface area contributed by atoms with Crippen LogP contribution in [0.5, 0.6) is 11.5 Å². The number of aromatic hydroxyl groups is 1. The van der Waals surface area contributed by atoms with Gasteiger partial charge in [0, 0.05) is 18.6 Å². The number of phenols is 1. The minimum absolute atomic E-state index is 0.170. The van der Waals surface area contributed by atoms with Crippen molar-refractivity contribution in [1.29, 1.82) is 0 Å². The first kappa shape index (κ1) is 20.8. The third-order valence-corrected chi connectivity index (χ3v) is 4.92. The molecule has 1 aliphatic carbocycles. The fourth-order valence-corrected chi connectivity index (χ4v) is 3.53. The summed E-state index contributed by atoms with van der Waals surface area (Å²) in [6, 6.07) is 4.00. The summed E-state index contributed by atoms with van der Waals surface area (Å²) in [5.41, 5.74) is 3.41. The molecule has 0 bridgehead atoms. The van der Waals surface area contributed by atoms with Crippen LogP contribution in [0.15, 0.2) is 23.8 Å². The predicted molar refractivity (Wildman–Crippen MR) is 105 cm³/mol. The Bertz CT molecular complexity index is 580. The third kappa shape index (κ3) is 6.33. The van der Waals surface area contributed by atoms with E-state index in [4.69, 9.17) is 14.2 Å². The highest BCUT2D eigenvalue weighted by molar-refractivity contribution is 5.51. The Morgan fingerprint density at radius 1 is 1.19 bits per heavy atom. The van der Waals surface area contributed by atoms with Gasteiger partial charge in [-0.05, 0) is 56.7 Å². The molecule has 0 aromatic heterocycles. The van der Waals surface area contributed by atoms with E-state index in [2.05, 4.69) is 26.0 Å². The van der Waals surface area contributed by atoms with Crippen molar-refractivity contribution in [2.75, 3.05) is 27.1 Å². The molecule has 0 radical (unpaired) electrons. The van der Waals surface area contributed by atoms with Crippen molar-refractivity contribution in [2.45, 2.75) is 64.7 Å². The van der Waals surface area contributed by atoms with Gasteiger partial charge in [-0.1, -0.05) is 31.4 Å². The Morgan fingerprint density at radius 2 is 2.04 bits per heavy atom. The van der Waals surface area contributed by atoms with Gasteiger partial charge in [0.2, 0.25) is 0 Å². The number of methoxy groups -OCH3 is 1. The van der Waals surface area contributed by atoms with E-state index in [0.29, 0.717) is 19.0 Å². The van der Waals surface area contributed by atoms with E-state index in [1.807, 2.05) is 6.07 Å². The topological polar surface area (TPSA) is 47.9 Å². The largest absolute Gasteiger partial charge is 0.507 e. The highest BCUT2D eigenvalue weighted by atomic mass is 16.7. The number of rotatable bonds is 11. The minimum Gasteiger partial charge on any atom is -0.507 e. The first-order valence-corrected chi connectivity index (χ1v) is 9.88. The molecule has 0 heterocycles. The molecule has 146 valence electrons. The second kappa shape index (κ2) is 11.2. The van der Waals surface area contributed by atoms with Crippen LogP contribution < -0.4 is 4.74 Å². The van der Waals surface area contributed by atoms with Crippen LogP contribution in [0, 0.1) is 0 Å². The zero-order valence-corrected chi connectivity index (χ0v) is 16.6. The van der Waals surface area contributed by atoms with E-state index in [9.17, 15) is 5.11 Å². The third-order valence-electron chi connectivity index (χ3n) is 4.92. The van der Waals surface area contributed by atoms with Crippen molar-refractivity contribution in [2.24, 2.45) is 0 Å². The summed E-state index contributed by atoms with van der Waals surface area (Å²) in [4.78, 5) is 0. The van der Waals surface area contributed by atoms with Gasteiger partial charge in [0.1, 0.15) is 11.5 Å². The van der Waals surface area contributed by atoms with Gasteiger partial charge in [0.05, 0.1) is 13.2 Å². The predicted octanol–water partition coefficient (Wildman–Crippen LogP) is 5.34. The summed E-state index contributed by atoms with van der Waals surface area (Å²) in [7, 11) is 1.65. The quantitative estimate of drug-likeness (QED) is 0.328. The minimum atomic E-state index is 0.170. The summed E-state index contributed by atoms with van der Waals surface area (Å²) in [5, 5.41) is 10.7. The monoisotopic (exact) mass is 362 g/mol. The van der Waals surface area contributed by atoms with E-state index in [-0.39, 0.29) is 12.7 Å². The molecule has 0 saturated carbocycles. The van der Waals surface area contributed by atoms with Gasteiger partial charge in [-0.25, -0.2) is 0 Å². The van der Waals surface area contributed by atoms with E-state index in [1.165, 1.54) is 18.4 Å². The van der Waals surface area contributed by atoms with Crippen molar-refractivity contribution in [3.05, 3.63) is 34.9 Å². The van der Waals surface area contributed by atoms with Crippen LogP contribution in [-0.4, -0.2) is 32.2 Å². The number of aryl methyl sites for hydroxylation is 1. The highest BCUT2D eigenvalue weighted by Gasteiger charge is 2.22. The summed E-state index contributed by atoms with van der Waals surface area (Å²) >= 11 is 0. The summed E-state index contributed by atoms with van der Waals surface area (Å²) in [6.45, 7) is 5.57. The fraction of sp³-hybridized carbons (Fsp3) is 0.636. The maximum Gasteiger partial charge on any atom is 0.189 e. The molecule has 0 fully saturated rings. The molecule has 26 heavy (non-hydrogen) atoms. The van der Waals surface area contributed by atoms with Gasteiger partial charge in [0.15, 0.2) is 6.79 Å². The van der Waals surface area contributed by atoms with Crippen LogP contribution in [0.2, 0.25) is 0 Å². The Hall–Kier alpha value is -1.52. The van der Waals surface area contributed by atoms with Gasteiger partial charge in [-0.2, -0.15) is 0 Å². The second-order valence-electron chi connectivity index (χ2n) is 7.16. The summed E-state index contributed by atoms with van der Waals surface area (Å²) in [6.07, 6.45) is 10.1. The standard InChI is InChI=1S/C22H34O4/c1-4-5-6-9-18-14-20(23)22(19-10-7-8-17(2)13-19)21(15-18)26-16-25-12-11-24-3/h13-15,19,23H,4-12,16H2,1-3H3. The van der Waals surface area contributed by atoms with Crippen molar-refractivity contribution in [1.82, 2.24) is 0 Å². The molecule has 1 aromatic rings. The second-order valence-corrected chi connectivity index (χ2v) is 7.16. The number of allylic oxidation sites excluding steroid dienone is 2. The van der Waals surface area contributed by atoms with Crippen LogP contribution >= 0.6 is 0 Å². The lowest BCUT2D eigenvalue weighted by atomic mass is 9.84. The molecule has 2 rings (SSSR count). The summed E-state index contributed by atoms with van der Waals surface area (Å²) < 4.78 is 16.4. The molecule has 0 saturated heterocycles. The Morgan fingerprint density at radius 3 is 2.77 bits per heavy atom. The molecule has 4 nitrogen and oxygen atoms in total. The molecule has 1 unspecified atom stereocenters. The molecule has 1 aromatic carbocycles. The first-order valence-electron chi connectivity index (χ1n) is 9.88. The maximum atomic E-state index is 10.7. The van der Waals surface area contributed by atoms with Crippen LogP contribution in [0.1, 0.15) is 69.4 Å². The van der Waals surface area contributed by atoms with Crippen molar-refractivity contribution in [3.8, 4) is 11.5 Å². The van der Waals surface area contributed by atoms with Crippen molar-refractivity contribution >= 4 is 0 Å². The zero-order valence-electron chi connectivity index (χ0n) is 16.6. The van der Waals surface area contributed by atoms with Crippen LogP contribution in [0.25, 0.3) is 0 Å². The average Bonchev–Trinajstić information content (AvgIpc) is 2.61. The van der Waals surface area contributed by atoms with Gasteiger partial charge >= 0.3 is 0 Å². The maximum absolute atomic E-state index is 10.7. The molecule has 4 heteroatoms. The molecule has 1 atom stereocenters. The normalized spacial score (nSPS) is 17.2. The molecule has 1 aliphatic rings. The van der Waals surface area contributed by atoms with Gasteiger partial charge in [0.25, 0.3) is 0 Å².